The molecule has 100 valence electrons. The minimum absolute atomic E-state index is 0.0649. The normalized spacial score (nSPS) is 10.7. The predicted molar refractivity (Wildman–Crippen MR) is 66.8 cm³/mol. The third-order valence-electron chi connectivity index (χ3n) is 2.70. The average Bonchev–Trinajstić information content (AvgIpc) is 2.92. The molecule has 0 aliphatic heterocycles. The number of halogens is 2. The van der Waals surface area contributed by atoms with E-state index < -0.39 is 11.6 Å². The topological polar surface area (TPSA) is 59.2 Å². The van der Waals surface area contributed by atoms with E-state index in [2.05, 4.69) is 10.1 Å². The summed E-state index contributed by atoms with van der Waals surface area (Å²) in [6, 6.07) is 9.63. The molecule has 0 atom stereocenters. The predicted octanol–water partition coefficient (Wildman–Crippen LogP) is 3.39. The second-order valence-electron chi connectivity index (χ2n) is 4.10. The van der Waals surface area contributed by atoms with E-state index in [1.807, 2.05) is 0 Å². The Kier molecular flexibility index (Phi) is 2.90. The quantitative estimate of drug-likeness (QED) is 0.778. The van der Waals surface area contributed by atoms with Crippen LogP contribution in [0.4, 0.5) is 8.78 Å². The number of hydrogen-bond acceptors (Lipinski definition) is 4. The number of phenolic OH excluding ortho intramolecular Hbond substituents is 1. The molecule has 0 unspecified atom stereocenters. The maximum Gasteiger partial charge on any atom is 0.258 e. The van der Waals surface area contributed by atoms with Crippen molar-refractivity contribution in [3.05, 3.63) is 54.1 Å². The Bertz CT molecular complexity index is 771. The zero-order valence-corrected chi connectivity index (χ0v) is 10.0. The van der Waals surface area contributed by atoms with Gasteiger partial charge in [-0.1, -0.05) is 11.2 Å². The maximum absolute atomic E-state index is 13.2. The molecule has 0 aliphatic rings. The number of benzene rings is 2. The summed E-state index contributed by atoms with van der Waals surface area (Å²) in [5, 5.41) is 13.1. The highest BCUT2D eigenvalue weighted by Crippen LogP contribution is 2.25. The van der Waals surface area contributed by atoms with E-state index in [0.717, 1.165) is 12.1 Å². The Morgan fingerprint density at radius 3 is 2.55 bits per heavy atom. The Morgan fingerprint density at radius 1 is 0.950 bits per heavy atom. The number of rotatable bonds is 2. The molecule has 2 aromatic carbocycles. The van der Waals surface area contributed by atoms with Gasteiger partial charge in [-0.3, -0.25) is 0 Å². The van der Waals surface area contributed by atoms with Crippen LogP contribution in [-0.4, -0.2) is 15.2 Å². The van der Waals surface area contributed by atoms with Gasteiger partial charge < -0.3 is 9.63 Å². The number of aromatic nitrogens is 2. The van der Waals surface area contributed by atoms with E-state index in [4.69, 9.17) is 4.52 Å². The van der Waals surface area contributed by atoms with Gasteiger partial charge in [0, 0.05) is 11.1 Å². The summed E-state index contributed by atoms with van der Waals surface area (Å²) in [4.78, 5) is 4.08. The number of aromatic hydroxyl groups is 1. The van der Waals surface area contributed by atoms with E-state index in [1.165, 1.54) is 18.2 Å². The van der Waals surface area contributed by atoms with Crippen molar-refractivity contribution in [3.63, 3.8) is 0 Å². The van der Waals surface area contributed by atoms with Gasteiger partial charge in [0.25, 0.3) is 5.89 Å². The van der Waals surface area contributed by atoms with Crippen molar-refractivity contribution in [3.8, 4) is 28.6 Å². The maximum atomic E-state index is 13.2. The zero-order chi connectivity index (χ0) is 14.1. The van der Waals surface area contributed by atoms with Crippen LogP contribution in [0.15, 0.2) is 47.0 Å². The van der Waals surface area contributed by atoms with Gasteiger partial charge in [-0.15, -0.1) is 0 Å². The van der Waals surface area contributed by atoms with E-state index in [0.29, 0.717) is 11.1 Å². The van der Waals surface area contributed by atoms with Gasteiger partial charge in [-0.2, -0.15) is 4.98 Å². The fourth-order valence-electron chi connectivity index (χ4n) is 1.73. The molecule has 0 amide bonds. The van der Waals surface area contributed by atoms with Crippen molar-refractivity contribution >= 4 is 0 Å². The third-order valence-corrected chi connectivity index (χ3v) is 2.70. The Hall–Kier alpha value is -2.76. The minimum Gasteiger partial charge on any atom is -0.508 e. The number of nitrogens with zero attached hydrogens (tertiary/aromatic N) is 2. The molecule has 1 N–H and O–H groups in total. The summed E-state index contributed by atoms with van der Waals surface area (Å²) < 4.78 is 31.1. The Balaban J connectivity index is 1.99. The van der Waals surface area contributed by atoms with Crippen LogP contribution in [0.25, 0.3) is 22.8 Å². The van der Waals surface area contributed by atoms with Crippen LogP contribution in [0.5, 0.6) is 5.75 Å². The van der Waals surface area contributed by atoms with Gasteiger partial charge in [0.1, 0.15) is 5.75 Å². The average molecular weight is 274 g/mol. The van der Waals surface area contributed by atoms with Crippen molar-refractivity contribution in [1.29, 1.82) is 0 Å². The fourth-order valence-corrected chi connectivity index (χ4v) is 1.73. The smallest absolute Gasteiger partial charge is 0.258 e. The summed E-state index contributed by atoms with van der Waals surface area (Å²) in [7, 11) is 0. The van der Waals surface area contributed by atoms with Crippen molar-refractivity contribution in [2.45, 2.75) is 0 Å². The first-order valence-corrected chi connectivity index (χ1v) is 5.72. The molecule has 3 aromatic rings. The summed E-state index contributed by atoms with van der Waals surface area (Å²) in [5.74, 6) is -1.53. The highest BCUT2D eigenvalue weighted by atomic mass is 19.2. The van der Waals surface area contributed by atoms with Gasteiger partial charge in [0.05, 0.1) is 0 Å². The van der Waals surface area contributed by atoms with Crippen molar-refractivity contribution in [2.75, 3.05) is 0 Å². The lowest BCUT2D eigenvalue weighted by Gasteiger charge is -1.96. The van der Waals surface area contributed by atoms with Crippen molar-refractivity contribution in [2.24, 2.45) is 0 Å². The molecule has 0 fully saturated rings. The second kappa shape index (κ2) is 4.73. The molecule has 1 aromatic heterocycles. The van der Waals surface area contributed by atoms with Gasteiger partial charge in [0.15, 0.2) is 11.6 Å². The lowest BCUT2D eigenvalue weighted by molar-refractivity contribution is 0.431. The molecule has 3 rings (SSSR count). The van der Waals surface area contributed by atoms with E-state index in [9.17, 15) is 13.9 Å². The van der Waals surface area contributed by atoms with Crippen LogP contribution in [0.1, 0.15) is 0 Å². The number of phenols is 1. The van der Waals surface area contributed by atoms with Crippen LogP contribution in [0.3, 0.4) is 0 Å². The summed E-state index contributed by atoms with van der Waals surface area (Å²) in [5.41, 5.74) is 0.838. The highest BCUT2D eigenvalue weighted by molar-refractivity contribution is 5.60. The molecule has 4 nitrogen and oxygen atoms in total. The van der Waals surface area contributed by atoms with Gasteiger partial charge in [0.2, 0.25) is 5.82 Å². The van der Waals surface area contributed by atoms with E-state index >= 15 is 0 Å². The van der Waals surface area contributed by atoms with Crippen LogP contribution in [0.2, 0.25) is 0 Å². The van der Waals surface area contributed by atoms with Gasteiger partial charge in [-0.05, 0) is 36.4 Å². The van der Waals surface area contributed by atoms with Crippen LogP contribution in [0, 0.1) is 11.6 Å². The largest absolute Gasteiger partial charge is 0.508 e. The van der Waals surface area contributed by atoms with Crippen LogP contribution >= 0.6 is 0 Å². The van der Waals surface area contributed by atoms with Crippen molar-refractivity contribution in [1.82, 2.24) is 10.1 Å². The fraction of sp³-hybridized carbons (Fsp3) is 0. The molecule has 6 heteroatoms. The Labute approximate surface area is 112 Å². The molecule has 0 spiro atoms. The molecule has 20 heavy (non-hydrogen) atoms. The molecular weight excluding hydrogens is 266 g/mol. The second-order valence-corrected chi connectivity index (χ2v) is 4.10. The van der Waals surface area contributed by atoms with Crippen LogP contribution < -0.4 is 0 Å². The van der Waals surface area contributed by atoms with E-state index in [1.54, 1.807) is 12.1 Å². The third kappa shape index (κ3) is 2.23. The summed E-state index contributed by atoms with van der Waals surface area (Å²) >= 11 is 0. The lowest BCUT2D eigenvalue weighted by Crippen LogP contribution is -1.87. The van der Waals surface area contributed by atoms with Crippen molar-refractivity contribution < 1.29 is 18.4 Å². The zero-order valence-electron chi connectivity index (χ0n) is 10.0. The first-order chi connectivity index (χ1) is 9.63. The molecule has 0 bridgehead atoms. The SMILES string of the molecule is Oc1cccc(-c2nc(-c3ccc(F)c(F)c3)no2)c1. The first-order valence-electron chi connectivity index (χ1n) is 5.72. The Morgan fingerprint density at radius 2 is 1.80 bits per heavy atom. The lowest BCUT2D eigenvalue weighted by atomic mass is 10.2. The van der Waals surface area contributed by atoms with Gasteiger partial charge in [-0.25, -0.2) is 8.78 Å². The number of hydrogen-bond donors (Lipinski definition) is 1. The summed E-state index contributed by atoms with van der Waals surface area (Å²) in [6.45, 7) is 0. The van der Waals surface area contributed by atoms with Crippen LogP contribution in [-0.2, 0) is 0 Å². The standard InChI is InChI=1S/C14H8F2N2O2/c15-11-5-4-8(7-12(11)16)13-17-14(20-18-13)9-2-1-3-10(19)6-9/h1-7,19H. The minimum atomic E-state index is -0.980. The monoisotopic (exact) mass is 274 g/mol. The van der Waals surface area contributed by atoms with Gasteiger partial charge >= 0.3 is 0 Å². The molecule has 0 saturated carbocycles. The molecular formula is C14H8F2N2O2. The molecule has 0 aliphatic carbocycles. The highest BCUT2D eigenvalue weighted by Gasteiger charge is 2.12. The molecule has 0 saturated heterocycles. The summed E-state index contributed by atoms with van der Waals surface area (Å²) in [6.07, 6.45) is 0. The first kappa shape index (κ1) is 12.3. The molecule has 0 radical (unpaired) electrons. The van der Waals surface area contributed by atoms with E-state index in [-0.39, 0.29) is 17.5 Å². The molecule has 1 heterocycles.